The van der Waals surface area contributed by atoms with Crippen molar-refractivity contribution in [1.82, 2.24) is 14.9 Å². The SMILES string of the molecule is N#Cc1ccc(N(Cc2ccccc2C(F)(F)F)C2CCN(Cc3c[nH]c(=O)[nH]c3=O)C2)cc1Cl. The number of anilines is 1. The van der Waals surface area contributed by atoms with Crippen molar-refractivity contribution in [2.75, 3.05) is 18.0 Å². The molecule has 1 saturated heterocycles. The minimum Gasteiger partial charge on any atom is -0.363 e. The van der Waals surface area contributed by atoms with E-state index in [-0.39, 0.29) is 35.3 Å². The molecular formula is C24H21ClF3N5O2. The molecule has 2 N–H and O–H groups in total. The highest BCUT2D eigenvalue weighted by atomic mass is 35.5. The number of halogens is 4. The zero-order valence-electron chi connectivity index (χ0n) is 18.4. The predicted molar refractivity (Wildman–Crippen MR) is 125 cm³/mol. The number of hydrogen-bond acceptors (Lipinski definition) is 5. The quantitative estimate of drug-likeness (QED) is 0.532. The van der Waals surface area contributed by atoms with Crippen molar-refractivity contribution in [2.45, 2.75) is 31.7 Å². The van der Waals surface area contributed by atoms with Gasteiger partial charge >= 0.3 is 11.9 Å². The van der Waals surface area contributed by atoms with Crippen molar-refractivity contribution in [3.05, 3.63) is 96.8 Å². The Balaban J connectivity index is 1.64. The Kier molecular flexibility index (Phi) is 7.00. The smallest absolute Gasteiger partial charge is 0.363 e. The van der Waals surface area contributed by atoms with E-state index in [0.717, 1.165) is 6.07 Å². The number of aromatic amines is 2. The van der Waals surface area contributed by atoms with Crippen LogP contribution in [0.1, 0.15) is 28.7 Å². The average molecular weight is 504 g/mol. The van der Waals surface area contributed by atoms with Crippen LogP contribution in [0.3, 0.4) is 0 Å². The predicted octanol–water partition coefficient (Wildman–Crippen LogP) is 3.89. The maximum absolute atomic E-state index is 13.7. The van der Waals surface area contributed by atoms with Crippen LogP contribution in [0.5, 0.6) is 0 Å². The molecule has 7 nitrogen and oxygen atoms in total. The number of likely N-dealkylation sites (tertiary alicyclic amines) is 1. The summed E-state index contributed by atoms with van der Waals surface area (Å²) in [4.78, 5) is 31.9. The molecule has 1 unspecified atom stereocenters. The monoisotopic (exact) mass is 503 g/mol. The molecule has 1 atom stereocenters. The molecule has 11 heteroatoms. The average Bonchev–Trinajstić information content (AvgIpc) is 3.27. The lowest BCUT2D eigenvalue weighted by Gasteiger charge is -2.32. The Labute approximate surface area is 203 Å². The number of benzene rings is 2. The zero-order chi connectivity index (χ0) is 25.2. The second kappa shape index (κ2) is 9.98. The molecule has 1 aromatic heterocycles. The van der Waals surface area contributed by atoms with E-state index in [1.807, 2.05) is 15.9 Å². The highest BCUT2D eigenvalue weighted by molar-refractivity contribution is 6.32. The molecule has 0 bridgehead atoms. The van der Waals surface area contributed by atoms with E-state index in [0.29, 0.717) is 30.8 Å². The van der Waals surface area contributed by atoms with E-state index in [1.54, 1.807) is 24.3 Å². The van der Waals surface area contributed by atoms with E-state index in [1.165, 1.54) is 18.3 Å². The first kappa shape index (κ1) is 24.6. The van der Waals surface area contributed by atoms with Crippen LogP contribution in [0, 0.1) is 11.3 Å². The summed E-state index contributed by atoms with van der Waals surface area (Å²) in [6.45, 7) is 1.34. The number of aromatic nitrogens is 2. The highest BCUT2D eigenvalue weighted by Gasteiger charge is 2.35. The summed E-state index contributed by atoms with van der Waals surface area (Å²) in [5, 5.41) is 9.42. The van der Waals surface area contributed by atoms with Gasteiger partial charge in [-0.1, -0.05) is 29.8 Å². The van der Waals surface area contributed by atoms with Gasteiger partial charge in [-0.15, -0.1) is 0 Å². The van der Waals surface area contributed by atoms with Crippen LogP contribution in [0.15, 0.2) is 58.3 Å². The highest BCUT2D eigenvalue weighted by Crippen LogP contribution is 2.35. The second-order valence-electron chi connectivity index (χ2n) is 8.33. The Bertz CT molecular complexity index is 1380. The van der Waals surface area contributed by atoms with Crippen LogP contribution in [-0.4, -0.2) is 34.0 Å². The van der Waals surface area contributed by atoms with Crippen LogP contribution >= 0.6 is 11.6 Å². The summed E-state index contributed by atoms with van der Waals surface area (Å²) in [6, 6.07) is 12.1. The molecule has 2 heterocycles. The lowest BCUT2D eigenvalue weighted by atomic mass is 10.0. The van der Waals surface area contributed by atoms with Crippen LogP contribution in [0.4, 0.5) is 18.9 Å². The number of rotatable bonds is 6. The van der Waals surface area contributed by atoms with E-state index in [4.69, 9.17) is 11.6 Å². The third-order valence-electron chi connectivity index (χ3n) is 6.05. The summed E-state index contributed by atoms with van der Waals surface area (Å²) in [5.74, 6) is 0. The molecular weight excluding hydrogens is 483 g/mol. The number of H-pyrrole nitrogens is 2. The van der Waals surface area contributed by atoms with Gasteiger partial charge in [-0.2, -0.15) is 18.4 Å². The van der Waals surface area contributed by atoms with Gasteiger partial charge in [0.1, 0.15) is 6.07 Å². The minimum atomic E-state index is -4.50. The Hall–Kier alpha value is -3.55. The van der Waals surface area contributed by atoms with Crippen molar-refractivity contribution in [3.63, 3.8) is 0 Å². The topological polar surface area (TPSA) is 96.0 Å². The van der Waals surface area contributed by atoms with Gasteiger partial charge in [0.25, 0.3) is 5.56 Å². The van der Waals surface area contributed by atoms with Gasteiger partial charge < -0.3 is 9.88 Å². The Morgan fingerprint density at radius 3 is 2.63 bits per heavy atom. The van der Waals surface area contributed by atoms with Crippen molar-refractivity contribution in [3.8, 4) is 6.07 Å². The first-order valence-electron chi connectivity index (χ1n) is 10.8. The van der Waals surface area contributed by atoms with Gasteiger partial charge in [0.15, 0.2) is 0 Å². The largest absolute Gasteiger partial charge is 0.416 e. The molecule has 35 heavy (non-hydrogen) atoms. The molecule has 1 fully saturated rings. The van der Waals surface area contributed by atoms with Crippen molar-refractivity contribution in [2.24, 2.45) is 0 Å². The summed E-state index contributed by atoms with van der Waals surface area (Å²) in [7, 11) is 0. The number of nitriles is 1. The van der Waals surface area contributed by atoms with Crippen LogP contribution in [0.2, 0.25) is 5.02 Å². The third-order valence-corrected chi connectivity index (χ3v) is 6.36. The maximum Gasteiger partial charge on any atom is 0.416 e. The van der Waals surface area contributed by atoms with Crippen molar-refractivity contribution in [1.29, 1.82) is 5.26 Å². The first-order chi connectivity index (χ1) is 16.7. The molecule has 0 radical (unpaired) electrons. The summed E-state index contributed by atoms with van der Waals surface area (Å²) >= 11 is 6.25. The fourth-order valence-electron chi connectivity index (χ4n) is 4.33. The first-order valence-corrected chi connectivity index (χ1v) is 11.2. The Morgan fingerprint density at radius 2 is 1.94 bits per heavy atom. The molecule has 1 aliphatic rings. The molecule has 1 aliphatic heterocycles. The molecule has 0 aliphatic carbocycles. The molecule has 3 aromatic rings. The molecule has 0 spiro atoms. The number of alkyl halides is 3. The molecule has 0 saturated carbocycles. The summed E-state index contributed by atoms with van der Waals surface area (Å²) < 4.78 is 41.0. The van der Waals surface area contributed by atoms with Gasteiger partial charge in [0.05, 0.1) is 16.1 Å². The van der Waals surface area contributed by atoms with Crippen molar-refractivity contribution >= 4 is 17.3 Å². The van der Waals surface area contributed by atoms with Gasteiger partial charge in [0, 0.05) is 49.7 Å². The second-order valence-corrected chi connectivity index (χ2v) is 8.74. The van der Waals surface area contributed by atoms with Gasteiger partial charge in [0.2, 0.25) is 0 Å². The lowest BCUT2D eigenvalue weighted by molar-refractivity contribution is -0.138. The lowest BCUT2D eigenvalue weighted by Crippen LogP contribution is -2.38. The van der Waals surface area contributed by atoms with Gasteiger partial charge in [-0.25, -0.2) is 4.79 Å². The van der Waals surface area contributed by atoms with E-state index in [9.17, 15) is 28.0 Å². The fraction of sp³-hybridized carbons (Fsp3) is 0.292. The van der Waals surface area contributed by atoms with Crippen LogP contribution < -0.4 is 16.1 Å². The number of nitrogens with zero attached hydrogens (tertiary/aromatic N) is 3. The standard InChI is InChI=1S/C24H21ClF3N5O2/c25-21-9-18(6-5-15(21)10-29)33(13-16-3-1-2-4-20(16)24(26,27)28)19-7-8-32(14-19)12-17-11-30-23(35)31-22(17)34/h1-6,9,11,19H,7-8,12-14H2,(H2,30,31,34,35). The minimum absolute atomic E-state index is 0.0182. The normalized spacial score (nSPS) is 16.3. The van der Waals surface area contributed by atoms with Crippen LogP contribution in [0.25, 0.3) is 0 Å². The molecule has 0 amide bonds. The summed E-state index contributed by atoms with van der Waals surface area (Å²) in [6.07, 6.45) is -2.50. The molecule has 4 rings (SSSR count). The maximum atomic E-state index is 13.7. The summed E-state index contributed by atoms with van der Waals surface area (Å²) in [5.41, 5.74) is -0.399. The van der Waals surface area contributed by atoms with Gasteiger partial charge in [-0.3, -0.25) is 14.7 Å². The zero-order valence-corrected chi connectivity index (χ0v) is 19.2. The molecule has 182 valence electrons. The number of nitrogens with one attached hydrogen (secondary N) is 2. The van der Waals surface area contributed by atoms with E-state index in [2.05, 4.69) is 9.97 Å². The third kappa shape index (κ3) is 5.58. The van der Waals surface area contributed by atoms with Crippen LogP contribution in [-0.2, 0) is 19.3 Å². The van der Waals surface area contributed by atoms with E-state index >= 15 is 0 Å². The number of hydrogen-bond donors (Lipinski definition) is 2. The van der Waals surface area contributed by atoms with E-state index < -0.39 is 23.0 Å². The van der Waals surface area contributed by atoms with Gasteiger partial charge in [-0.05, 0) is 36.2 Å². The van der Waals surface area contributed by atoms with Crippen molar-refractivity contribution < 1.29 is 13.2 Å². The molecule has 2 aromatic carbocycles. The fourth-order valence-corrected chi connectivity index (χ4v) is 4.55. The Morgan fingerprint density at radius 1 is 1.17 bits per heavy atom.